The Morgan fingerprint density at radius 3 is 2.73 bits per heavy atom. The van der Waals surface area contributed by atoms with Crippen molar-refractivity contribution in [3.63, 3.8) is 0 Å². The van der Waals surface area contributed by atoms with Crippen LogP contribution in [0.2, 0.25) is 0 Å². The highest BCUT2D eigenvalue weighted by Crippen LogP contribution is 2.25. The topological polar surface area (TPSA) is 41.1 Å². The van der Waals surface area contributed by atoms with E-state index >= 15 is 0 Å². The highest BCUT2D eigenvalue weighted by molar-refractivity contribution is 7.10. The first-order valence-electron chi connectivity index (χ1n) is 5.12. The first-order valence-corrected chi connectivity index (χ1v) is 6.00. The van der Waals surface area contributed by atoms with Gasteiger partial charge in [-0.05, 0) is 17.4 Å². The number of hydrogen-bond acceptors (Lipinski definition) is 3. The maximum atomic E-state index is 11.1. The number of hydrogen-bond donors (Lipinski definition) is 2. The number of amides is 1. The summed E-state index contributed by atoms with van der Waals surface area (Å²) in [5.74, 6) is 0.505. The lowest BCUT2D eigenvalue weighted by atomic mass is 10.0. The van der Waals surface area contributed by atoms with Crippen LogP contribution < -0.4 is 10.6 Å². The highest BCUT2D eigenvalue weighted by atomic mass is 32.1. The molecular weight excluding hydrogens is 208 g/mol. The maximum Gasteiger partial charge on any atom is 0.233 e. The van der Waals surface area contributed by atoms with E-state index in [2.05, 4.69) is 35.9 Å². The van der Waals surface area contributed by atoms with Crippen LogP contribution in [0.25, 0.3) is 0 Å². The van der Waals surface area contributed by atoms with Crippen LogP contribution in [0.3, 0.4) is 0 Å². The summed E-state index contributed by atoms with van der Waals surface area (Å²) in [6.45, 7) is 4.68. The van der Waals surface area contributed by atoms with Crippen LogP contribution in [-0.4, -0.2) is 19.5 Å². The molecule has 0 saturated heterocycles. The number of thiophene rings is 1. The van der Waals surface area contributed by atoms with Crippen molar-refractivity contribution in [3.05, 3.63) is 22.4 Å². The number of carbonyl (C=O) groups is 1. The summed E-state index contributed by atoms with van der Waals surface area (Å²) in [6.07, 6.45) is 0. The number of likely N-dealkylation sites (N-methyl/N-ethyl adjacent to an activating group) is 1. The van der Waals surface area contributed by atoms with Crippen molar-refractivity contribution in [2.75, 3.05) is 13.6 Å². The fourth-order valence-corrected chi connectivity index (χ4v) is 2.40. The van der Waals surface area contributed by atoms with Crippen LogP contribution in [0.4, 0.5) is 0 Å². The Labute approximate surface area is 94.9 Å². The van der Waals surface area contributed by atoms with Gasteiger partial charge in [-0.15, -0.1) is 11.3 Å². The average Bonchev–Trinajstić information content (AvgIpc) is 2.70. The van der Waals surface area contributed by atoms with Gasteiger partial charge < -0.3 is 10.6 Å². The third-order valence-corrected chi connectivity index (χ3v) is 3.23. The van der Waals surface area contributed by atoms with E-state index in [1.54, 1.807) is 18.4 Å². The Kier molecular flexibility index (Phi) is 4.78. The van der Waals surface area contributed by atoms with E-state index in [-0.39, 0.29) is 11.9 Å². The summed E-state index contributed by atoms with van der Waals surface area (Å²) in [4.78, 5) is 12.4. The molecule has 0 aliphatic rings. The van der Waals surface area contributed by atoms with E-state index in [1.165, 1.54) is 4.88 Å². The minimum Gasteiger partial charge on any atom is -0.358 e. The van der Waals surface area contributed by atoms with Gasteiger partial charge in [0.25, 0.3) is 0 Å². The molecule has 1 heterocycles. The molecule has 2 N–H and O–H groups in total. The molecule has 1 atom stereocenters. The van der Waals surface area contributed by atoms with Crippen molar-refractivity contribution in [1.82, 2.24) is 10.6 Å². The Balaban J connectivity index is 2.56. The molecule has 0 aliphatic heterocycles. The fraction of sp³-hybridized carbons (Fsp3) is 0.545. The summed E-state index contributed by atoms with van der Waals surface area (Å²) in [5, 5.41) is 7.94. The van der Waals surface area contributed by atoms with Gasteiger partial charge in [-0.1, -0.05) is 19.9 Å². The van der Waals surface area contributed by atoms with E-state index in [9.17, 15) is 4.79 Å². The number of rotatable bonds is 5. The first-order chi connectivity index (χ1) is 7.15. The Bertz CT molecular complexity index is 296. The third kappa shape index (κ3) is 3.64. The van der Waals surface area contributed by atoms with Gasteiger partial charge in [0.1, 0.15) is 0 Å². The van der Waals surface area contributed by atoms with Crippen molar-refractivity contribution in [1.29, 1.82) is 0 Å². The van der Waals surface area contributed by atoms with Crippen LogP contribution in [0.1, 0.15) is 24.8 Å². The Morgan fingerprint density at radius 2 is 2.27 bits per heavy atom. The second-order valence-corrected chi connectivity index (χ2v) is 4.77. The molecule has 0 radical (unpaired) electrons. The quantitative estimate of drug-likeness (QED) is 0.803. The molecule has 1 aromatic heterocycles. The predicted octanol–water partition coefficient (Wildman–Crippen LogP) is 1.78. The second kappa shape index (κ2) is 5.88. The van der Waals surface area contributed by atoms with Crippen molar-refractivity contribution in [2.45, 2.75) is 19.9 Å². The van der Waals surface area contributed by atoms with Gasteiger partial charge in [-0.25, -0.2) is 0 Å². The van der Waals surface area contributed by atoms with Crippen molar-refractivity contribution in [3.8, 4) is 0 Å². The lowest BCUT2D eigenvalue weighted by molar-refractivity contribution is -0.119. The smallest absolute Gasteiger partial charge is 0.233 e. The molecule has 1 aromatic rings. The molecule has 0 saturated carbocycles. The monoisotopic (exact) mass is 226 g/mol. The standard InChI is InChI=1S/C11H18N2OS/c1-8(2)11(9-5-4-6-15-9)13-7-10(14)12-3/h4-6,8,11,13H,7H2,1-3H3,(H,12,14). The van der Waals surface area contributed by atoms with Crippen LogP contribution in [-0.2, 0) is 4.79 Å². The molecule has 3 nitrogen and oxygen atoms in total. The molecule has 0 fully saturated rings. The molecule has 0 aromatic carbocycles. The minimum atomic E-state index is 0.0252. The minimum absolute atomic E-state index is 0.0252. The highest BCUT2D eigenvalue weighted by Gasteiger charge is 2.16. The fourth-order valence-electron chi connectivity index (χ4n) is 1.42. The summed E-state index contributed by atoms with van der Waals surface area (Å²) in [7, 11) is 1.65. The average molecular weight is 226 g/mol. The van der Waals surface area contributed by atoms with Gasteiger partial charge in [0.05, 0.1) is 6.54 Å². The van der Waals surface area contributed by atoms with Gasteiger partial charge in [-0.3, -0.25) is 4.79 Å². The molecular formula is C11H18N2OS. The lowest BCUT2D eigenvalue weighted by Gasteiger charge is -2.20. The normalized spacial score (nSPS) is 12.8. The van der Waals surface area contributed by atoms with E-state index in [4.69, 9.17) is 0 Å². The van der Waals surface area contributed by atoms with Crippen LogP contribution in [0.5, 0.6) is 0 Å². The van der Waals surface area contributed by atoms with Gasteiger partial charge in [0.15, 0.2) is 0 Å². The maximum absolute atomic E-state index is 11.1. The van der Waals surface area contributed by atoms with E-state index in [0.29, 0.717) is 12.5 Å². The molecule has 4 heteroatoms. The summed E-state index contributed by atoms with van der Waals surface area (Å²) >= 11 is 1.72. The molecule has 0 spiro atoms. The zero-order chi connectivity index (χ0) is 11.3. The van der Waals surface area contributed by atoms with Gasteiger partial charge in [0.2, 0.25) is 5.91 Å². The van der Waals surface area contributed by atoms with Gasteiger partial charge in [0, 0.05) is 18.0 Å². The van der Waals surface area contributed by atoms with Crippen LogP contribution in [0.15, 0.2) is 17.5 Å². The third-order valence-electron chi connectivity index (χ3n) is 2.28. The molecule has 0 aliphatic carbocycles. The van der Waals surface area contributed by atoms with E-state index in [1.807, 2.05) is 6.07 Å². The zero-order valence-corrected chi connectivity index (χ0v) is 10.2. The SMILES string of the molecule is CNC(=O)CNC(c1cccs1)C(C)C. The van der Waals surface area contributed by atoms with Crippen molar-refractivity contribution >= 4 is 17.2 Å². The molecule has 0 bridgehead atoms. The Hall–Kier alpha value is -0.870. The van der Waals surface area contributed by atoms with Crippen molar-refractivity contribution < 1.29 is 4.79 Å². The van der Waals surface area contributed by atoms with Crippen LogP contribution in [0, 0.1) is 5.92 Å². The summed E-state index contributed by atoms with van der Waals surface area (Å²) in [6, 6.07) is 4.41. The molecule has 1 unspecified atom stereocenters. The lowest BCUT2D eigenvalue weighted by Crippen LogP contribution is -2.35. The molecule has 84 valence electrons. The number of carbonyl (C=O) groups excluding carboxylic acids is 1. The zero-order valence-electron chi connectivity index (χ0n) is 9.41. The van der Waals surface area contributed by atoms with Crippen LogP contribution >= 0.6 is 11.3 Å². The predicted molar refractivity (Wildman–Crippen MR) is 64.0 cm³/mol. The largest absolute Gasteiger partial charge is 0.358 e. The molecule has 1 amide bonds. The van der Waals surface area contributed by atoms with Gasteiger partial charge >= 0.3 is 0 Å². The molecule has 1 rings (SSSR count). The van der Waals surface area contributed by atoms with Crippen molar-refractivity contribution in [2.24, 2.45) is 5.92 Å². The summed E-state index contributed by atoms with van der Waals surface area (Å²) < 4.78 is 0. The number of nitrogens with one attached hydrogen (secondary N) is 2. The van der Waals surface area contributed by atoms with Gasteiger partial charge in [-0.2, -0.15) is 0 Å². The van der Waals surface area contributed by atoms with E-state index < -0.39 is 0 Å². The molecule has 15 heavy (non-hydrogen) atoms. The summed E-state index contributed by atoms with van der Waals surface area (Å²) in [5.41, 5.74) is 0. The van der Waals surface area contributed by atoms with E-state index in [0.717, 1.165) is 0 Å². The Morgan fingerprint density at radius 1 is 1.53 bits per heavy atom. The first kappa shape index (κ1) is 12.2. The second-order valence-electron chi connectivity index (χ2n) is 3.79.